The van der Waals surface area contributed by atoms with Crippen molar-refractivity contribution in [1.29, 1.82) is 5.26 Å². The van der Waals surface area contributed by atoms with Gasteiger partial charge in [-0.3, -0.25) is 0 Å². The van der Waals surface area contributed by atoms with Gasteiger partial charge in [-0.05, 0) is 94.3 Å². The SMILES string of the molecule is C=C(C)C1CCc2c(c(C#N)c3c(=C)c4cccc(CC)c4c(=C)c3c2C)C1. The average Bonchev–Trinajstić information content (AvgIpc) is 2.70. The summed E-state index contributed by atoms with van der Waals surface area (Å²) in [4.78, 5) is 0. The van der Waals surface area contributed by atoms with Gasteiger partial charge in [-0.1, -0.05) is 50.4 Å². The first-order chi connectivity index (χ1) is 13.4. The maximum absolute atomic E-state index is 10.2. The third kappa shape index (κ3) is 2.45. The minimum absolute atomic E-state index is 0.455. The van der Waals surface area contributed by atoms with E-state index >= 15 is 0 Å². The molecule has 0 heterocycles. The lowest BCUT2D eigenvalue weighted by molar-refractivity contribution is 0.525. The van der Waals surface area contributed by atoms with Crippen LogP contribution in [0, 0.1) is 24.2 Å². The van der Waals surface area contributed by atoms with Gasteiger partial charge in [0, 0.05) is 5.39 Å². The van der Waals surface area contributed by atoms with Crippen LogP contribution in [-0.4, -0.2) is 0 Å². The fourth-order valence-corrected chi connectivity index (χ4v) is 5.21. The Morgan fingerprint density at radius 2 is 1.89 bits per heavy atom. The molecule has 0 bridgehead atoms. The molecule has 0 amide bonds. The molecule has 1 aliphatic carbocycles. The minimum atomic E-state index is 0.455. The number of rotatable bonds is 2. The summed E-state index contributed by atoms with van der Waals surface area (Å²) in [5, 5.41) is 16.7. The van der Waals surface area contributed by atoms with Gasteiger partial charge < -0.3 is 0 Å². The van der Waals surface area contributed by atoms with Crippen molar-refractivity contribution in [2.45, 2.75) is 46.5 Å². The summed E-state index contributed by atoms with van der Waals surface area (Å²) in [5.41, 5.74) is 7.16. The second-order valence-electron chi connectivity index (χ2n) is 8.26. The highest BCUT2D eigenvalue weighted by Crippen LogP contribution is 2.37. The molecule has 1 unspecified atom stereocenters. The molecule has 0 saturated heterocycles. The summed E-state index contributed by atoms with van der Waals surface area (Å²) in [5.74, 6) is 0.455. The molecule has 0 aliphatic heterocycles. The molecular formula is C27H27N. The van der Waals surface area contributed by atoms with E-state index in [-0.39, 0.29) is 0 Å². The molecule has 0 spiro atoms. The van der Waals surface area contributed by atoms with Crippen LogP contribution in [0.15, 0.2) is 30.4 Å². The Kier molecular flexibility index (Phi) is 4.39. The number of benzene rings is 3. The van der Waals surface area contributed by atoms with E-state index in [0.717, 1.165) is 57.8 Å². The lowest BCUT2D eigenvalue weighted by Gasteiger charge is -2.29. The molecule has 0 radical (unpaired) electrons. The first kappa shape index (κ1) is 18.5. The smallest absolute Gasteiger partial charge is 0.100 e. The fraction of sp³-hybridized carbons (Fsp3) is 0.296. The van der Waals surface area contributed by atoms with Gasteiger partial charge in [-0.25, -0.2) is 0 Å². The molecule has 1 atom stereocenters. The summed E-state index contributed by atoms with van der Waals surface area (Å²) in [6.45, 7) is 19.6. The first-order valence-electron chi connectivity index (χ1n) is 10.2. The normalized spacial score (nSPS) is 16.1. The molecule has 4 rings (SSSR count). The van der Waals surface area contributed by atoms with Crippen LogP contribution < -0.4 is 10.4 Å². The van der Waals surface area contributed by atoms with Gasteiger partial charge >= 0.3 is 0 Å². The Labute approximate surface area is 167 Å². The third-order valence-electron chi connectivity index (χ3n) is 6.76. The van der Waals surface area contributed by atoms with Crippen molar-refractivity contribution in [1.82, 2.24) is 0 Å². The number of fused-ring (bicyclic) bond motifs is 3. The van der Waals surface area contributed by atoms with Crippen LogP contribution in [-0.2, 0) is 19.3 Å². The van der Waals surface area contributed by atoms with Gasteiger partial charge in [0.05, 0.1) is 5.56 Å². The van der Waals surface area contributed by atoms with Gasteiger partial charge in [0.15, 0.2) is 0 Å². The molecule has 0 N–H and O–H groups in total. The van der Waals surface area contributed by atoms with E-state index in [0.29, 0.717) is 5.92 Å². The molecule has 0 fully saturated rings. The third-order valence-corrected chi connectivity index (χ3v) is 6.76. The van der Waals surface area contributed by atoms with Gasteiger partial charge in [-0.2, -0.15) is 5.26 Å². The van der Waals surface area contributed by atoms with Crippen LogP contribution >= 0.6 is 0 Å². The van der Waals surface area contributed by atoms with E-state index in [4.69, 9.17) is 0 Å². The quantitative estimate of drug-likeness (QED) is 0.450. The molecule has 0 saturated carbocycles. The largest absolute Gasteiger partial charge is 0.192 e. The lowest BCUT2D eigenvalue weighted by Crippen LogP contribution is -2.22. The number of hydrogen-bond acceptors (Lipinski definition) is 1. The number of nitriles is 1. The van der Waals surface area contributed by atoms with Crippen LogP contribution in [0.3, 0.4) is 0 Å². The minimum Gasteiger partial charge on any atom is -0.192 e. The average molecular weight is 366 g/mol. The van der Waals surface area contributed by atoms with Crippen molar-refractivity contribution < 1.29 is 0 Å². The van der Waals surface area contributed by atoms with Crippen molar-refractivity contribution in [3.63, 3.8) is 0 Å². The van der Waals surface area contributed by atoms with Crippen molar-refractivity contribution in [2.75, 3.05) is 0 Å². The highest BCUT2D eigenvalue weighted by molar-refractivity contribution is 6.05. The molecule has 1 aliphatic rings. The van der Waals surface area contributed by atoms with Gasteiger partial charge in [0.25, 0.3) is 0 Å². The van der Waals surface area contributed by atoms with E-state index in [1.165, 1.54) is 33.2 Å². The van der Waals surface area contributed by atoms with Crippen molar-refractivity contribution in [2.24, 2.45) is 5.92 Å². The number of allylic oxidation sites excluding steroid dienone is 1. The first-order valence-corrected chi connectivity index (χ1v) is 10.2. The van der Waals surface area contributed by atoms with Crippen molar-refractivity contribution in [3.8, 4) is 6.07 Å². The fourth-order valence-electron chi connectivity index (χ4n) is 5.21. The van der Waals surface area contributed by atoms with Gasteiger partial charge in [0.2, 0.25) is 0 Å². The number of aryl methyl sites for hydroxylation is 2. The van der Waals surface area contributed by atoms with Crippen molar-refractivity contribution >= 4 is 34.7 Å². The summed E-state index contributed by atoms with van der Waals surface area (Å²) in [6.07, 6.45) is 3.98. The second kappa shape index (κ2) is 6.64. The van der Waals surface area contributed by atoms with Crippen LogP contribution in [0.4, 0.5) is 0 Å². The van der Waals surface area contributed by atoms with E-state index in [1.54, 1.807) is 0 Å². The van der Waals surface area contributed by atoms with E-state index < -0.39 is 0 Å². The maximum atomic E-state index is 10.2. The van der Waals surface area contributed by atoms with Gasteiger partial charge in [-0.15, -0.1) is 0 Å². The topological polar surface area (TPSA) is 23.8 Å². The Balaban J connectivity index is 2.25. The summed E-state index contributed by atoms with van der Waals surface area (Å²) in [6, 6.07) is 8.94. The summed E-state index contributed by atoms with van der Waals surface area (Å²) < 4.78 is 0. The molecule has 1 nitrogen and oxygen atoms in total. The predicted octanol–water partition coefficient (Wildman–Crippen LogP) is 5.24. The van der Waals surface area contributed by atoms with Crippen LogP contribution in [0.2, 0.25) is 0 Å². The lowest BCUT2D eigenvalue weighted by atomic mass is 9.75. The van der Waals surface area contributed by atoms with E-state index in [2.05, 4.69) is 64.8 Å². The Morgan fingerprint density at radius 3 is 2.54 bits per heavy atom. The van der Waals surface area contributed by atoms with E-state index in [1.807, 2.05) is 0 Å². The molecule has 0 aromatic heterocycles. The Morgan fingerprint density at radius 1 is 1.14 bits per heavy atom. The zero-order valence-corrected chi connectivity index (χ0v) is 17.2. The number of hydrogen-bond donors (Lipinski definition) is 0. The molecule has 28 heavy (non-hydrogen) atoms. The monoisotopic (exact) mass is 365 g/mol. The molecule has 1 heteroatoms. The van der Waals surface area contributed by atoms with Crippen LogP contribution in [0.5, 0.6) is 0 Å². The molecule has 140 valence electrons. The van der Waals surface area contributed by atoms with E-state index in [9.17, 15) is 5.26 Å². The Hall–Kier alpha value is -2.85. The van der Waals surface area contributed by atoms with Crippen LogP contribution in [0.1, 0.15) is 48.1 Å². The zero-order valence-electron chi connectivity index (χ0n) is 17.2. The highest BCUT2D eigenvalue weighted by Gasteiger charge is 2.26. The molecule has 3 aromatic carbocycles. The highest BCUT2D eigenvalue weighted by atomic mass is 14.3. The molecule has 3 aromatic rings. The maximum Gasteiger partial charge on any atom is 0.100 e. The zero-order chi connectivity index (χ0) is 20.2. The standard InChI is InChI=1S/C27H27N/c1-7-19-9-8-10-22-17(5)27-24(14-28)23-13-20(15(2)3)11-12-21(23)16(4)25(27)18(6)26(19)22/h8-10,20H,2,5-7,11-13H2,1,3-4H3. The van der Waals surface area contributed by atoms with Crippen molar-refractivity contribution in [3.05, 3.63) is 68.6 Å². The second-order valence-corrected chi connectivity index (χ2v) is 8.26. The predicted molar refractivity (Wildman–Crippen MR) is 121 cm³/mol. The van der Waals surface area contributed by atoms with Crippen LogP contribution in [0.25, 0.3) is 34.7 Å². The Bertz CT molecular complexity index is 1300. The summed E-state index contributed by atoms with van der Waals surface area (Å²) in [7, 11) is 0. The molecular weight excluding hydrogens is 338 g/mol. The van der Waals surface area contributed by atoms with Gasteiger partial charge in [0.1, 0.15) is 6.07 Å². The summed E-state index contributed by atoms with van der Waals surface area (Å²) >= 11 is 0. The number of nitrogens with zero attached hydrogens (tertiary/aromatic N) is 1.